The van der Waals surface area contributed by atoms with Gasteiger partial charge in [0.25, 0.3) is 0 Å². The lowest BCUT2D eigenvalue weighted by Gasteiger charge is -2.34. The molecule has 11 aromatic carbocycles. The van der Waals surface area contributed by atoms with E-state index in [1.165, 1.54) is 118 Å². The molecule has 0 fully saturated rings. The standard InChI is InChI=1S/C27H22.C22H18F3O2P.C18H26OSi2.C17H18/c1-19-11-15-21(16-12-19)27(22-17-13-20(2)14-18-22)25-9-5-3-7-23(25)24-8-4-6-10-26(24)27;1-15-3-9-18(10-4-15)28(26,19-11-5-16(2)6-12-19)20-13-7-17(8-14-20)27-22(25)21(23)24;1-15-7-11-17(12-8-15)20(3,4)19-21(5,6)18-13-9-16(2)10-14-18;1-13-4-8-16(9-5-13)12-15(3)17-10-6-14(2)7-11-17/h3-18H,1-2H3;3-14H,1-2H3;7-14H,1-6H3;4-12H,1-3H3/b;;;15-12+. The highest BCUT2D eigenvalue weighted by Gasteiger charge is 2.46. The zero-order chi connectivity index (χ0) is 66.7. The first-order chi connectivity index (χ1) is 44.4. The summed E-state index contributed by atoms with van der Waals surface area (Å²) in [6, 6.07) is 89.4. The van der Waals surface area contributed by atoms with Crippen molar-refractivity contribution < 1.29 is 26.6 Å². The molecule has 0 bridgehead atoms. The van der Waals surface area contributed by atoms with E-state index in [2.05, 4.69) is 280 Å². The van der Waals surface area contributed by atoms with Crippen molar-refractivity contribution >= 4 is 61.7 Å². The highest BCUT2D eigenvalue weighted by molar-refractivity contribution is 7.85. The number of aryl methyl sites for hydroxylation is 8. The number of hydrogen-bond donors (Lipinski definition) is 0. The number of hydrogen-bond acceptors (Lipinski definition) is 3. The monoisotopic (exact) mass is 1280 g/mol. The normalized spacial score (nSPS) is 12.3. The van der Waals surface area contributed by atoms with E-state index in [4.69, 9.17) is 4.12 Å². The zero-order valence-corrected chi connectivity index (χ0v) is 58.7. The van der Waals surface area contributed by atoms with Crippen molar-refractivity contribution in [2.45, 2.75) is 93.9 Å². The van der Waals surface area contributed by atoms with Crippen LogP contribution in [0.15, 0.2) is 279 Å². The van der Waals surface area contributed by atoms with Crippen LogP contribution >= 0.6 is 7.14 Å². The van der Waals surface area contributed by atoms with Crippen LogP contribution in [0.3, 0.4) is 0 Å². The van der Waals surface area contributed by atoms with Crippen molar-refractivity contribution in [3.8, 4) is 16.9 Å². The van der Waals surface area contributed by atoms with Gasteiger partial charge in [-0.05, 0) is 173 Å². The maximum absolute atomic E-state index is 14.2. The molecule has 0 N–H and O–H groups in total. The Morgan fingerprint density at radius 2 is 0.688 bits per heavy atom. The highest BCUT2D eigenvalue weighted by atomic mass is 31.2. The Bertz CT molecular complexity index is 4210. The van der Waals surface area contributed by atoms with Crippen LogP contribution in [0.1, 0.15) is 84.8 Å². The lowest BCUT2D eigenvalue weighted by molar-refractivity contribution is 0.241. The fourth-order valence-electron chi connectivity index (χ4n) is 11.9. The van der Waals surface area contributed by atoms with Gasteiger partial charge in [0.15, 0.2) is 7.14 Å². The summed E-state index contributed by atoms with van der Waals surface area (Å²) in [6.07, 6.45) is -0.307. The van der Waals surface area contributed by atoms with Gasteiger partial charge in [0, 0.05) is 15.9 Å². The molecular weight excluding hydrogens is 1200 g/mol. The van der Waals surface area contributed by atoms with Gasteiger partial charge in [0.05, 0.1) is 5.41 Å². The van der Waals surface area contributed by atoms with Crippen LogP contribution in [0, 0.1) is 55.4 Å². The molecule has 0 spiro atoms. The summed E-state index contributed by atoms with van der Waals surface area (Å²) in [5.41, 5.74) is 21.5. The average molecular weight is 1290 g/mol. The van der Waals surface area contributed by atoms with Crippen molar-refractivity contribution in [1.29, 1.82) is 0 Å². The van der Waals surface area contributed by atoms with Crippen LogP contribution in [0.25, 0.3) is 22.8 Å². The molecule has 0 amide bonds. The third kappa shape index (κ3) is 16.3. The molecule has 0 atom stereocenters. The minimum absolute atomic E-state index is 0.103. The summed E-state index contributed by atoms with van der Waals surface area (Å²) in [6.45, 7) is 28.1. The van der Waals surface area contributed by atoms with E-state index in [0.29, 0.717) is 15.9 Å². The lowest BCUT2D eigenvalue weighted by Crippen LogP contribution is -2.57. The second kappa shape index (κ2) is 29.8. The van der Waals surface area contributed by atoms with E-state index >= 15 is 0 Å². The third-order valence-electron chi connectivity index (χ3n) is 17.2. The minimum atomic E-state index is -3.20. The van der Waals surface area contributed by atoms with Crippen LogP contribution in [0.4, 0.5) is 13.2 Å². The summed E-state index contributed by atoms with van der Waals surface area (Å²) >= 11 is 0. The van der Waals surface area contributed by atoms with Gasteiger partial charge in [0.2, 0.25) is 16.6 Å². The molecule has 0 saturated carbocycles. The Hall–Kier alpha value is -8.89. The summed E-state index contributed by atoms with van der Waals surface area (Å²) in [5, 5.41) is 4.55. The zero-order valence-electron chi connectivity index (χ0n) is 55.8. The minimum Gasteiger partial charge on any atom is -0.449 e. The van der Waals surface area contributed by atoms with Crippen molar-refractivity contribution in [2.24, 2.45) is 0 Å². The predicted molar refractivity (Wildman–Crippen MR) is 393 cm³/mol. The van der Waals surface area contributed by atoms with Crippen molar-refractivity contribution in [3.05, 3.63) is 357 Å². The van der Waals surface area contributed by atoms with Crippen LogP contribution < -0.4 is 31.0 Å². The first-order valence-corrected chi connectivity index (χ1v) is 39.1. The van der Waals surface area contributed by atoms with E-state index in [9.17, 15) is 17.7 Å². The summed E-state index contributed by atoms with van der Waals surface area (Å²) in [5.74, 6) is -0.103. The number of benzene rings is 11. The molecule has 1 aliphatic rings. The van der Waals surface area contributed by atoms with Gasteiger partial charge >= 0.3 is 12.1 Å². The first kappa shape index (κ1) is 68.5. The number of halogens is 3. The molecule has 93 heavy (non-hydrogen) atoms. The van der Waals surface area contributed by atoms with E-state index in [-0.39, 0.29) is 11.2 Å². The SMILES string of the molecule is C/C(=C\c1ccc(C)cc1)c1ccc(C)cc1.Cc1ccc(C2(c3ccc(C)cc3)c3ccccc3-c3ccccc32)cc1.Cc1ccc(P(=O)(c2ccc(C)cc2)c2ccc(OC(F)=C(F)F)cc2)cc1.Cc1ccc([Si](C)(C)O[Si](C)(C)c2ccc(C)cc2)cc1. The molecule has 0 aromatic heterocycles. The first-order valence-electron chi connectivity index (χ1n) is 31.6. The van der Waals surface area contributed by atoms with Gasteiger partial charge in [-0.2, -0.15) is 13.2 Å². The Morgan fingerprint density at radius 1 is 0.387 bits per heavy atom. The van der Waals surface area contributed by atoms with Gasteiger partial charge in [-0.15, -0.1) is 0 Å². The van der Waals surface area contributed by atoms with Gasteiger partial charge in [-0.3, -0.25) is 0 Å². The van der Waals surface area contributed by atoms with Crippen molar-refractivity contribution in [3.63, 3.8) is 0 Å². The molecule has 0 heterocycles. The van der Waals surface area contributed by atoms with Crippen molar-refractivity contribution in [2.75, 3.05) is 0 Å². The van der Waals surface area contributed by atoms with Gasteiger partial charge in [-0.25, -0.2) is 0 Å². The van der Waals surface area contributed by atoms with E-state index in [0.717, 1.165) is 11.1 Å². The molecule has 1 aliphatic carbocycles. The second-order valence-electron chi connectivity index (χ2n) is 25.4. The van der Waals surface area contributed by atoms with Gasteiger partial charge in [0.1, 0.15) is 5.75 Å². The van der Waals surface area contributed by atoms with E-state index in [1.807, 2.05) is 62.4 Å². The Labute approximate surface area is 552 Å². The topological polar surface area (TPSA) is 35.5 Å². The molecule has 9 heteroatoms. The molecule has 472 valence electrons. The maximum Gasteiger partial charge on any atom is 0.344 e. The Kier molecular flexibility index (Phi) is 21.9. The van der Waals surface area contributed by atoms with E-state index in [1.54, 1.807) is 0 Å². The molecular formula is C84H84F3O3PSi2. The van der Waals surface area contributed by atoms with E-state index < -0.39 is 35.9 Å². The molecule has 3 nitrogen and oxygen atoms in total. The fourth-order valence-corrected chi connectivity index (χ4v) is 22.5. The van der Waals surface area contributed by atoms with Crippen LogP contribution in [0.5, 0.6) is 5.75 Å². The van der Waals surface area contributed by atoms with Crippen LogP contribution in [-0.2, 0) is 14.1 Å². The summed E-state index contributed by atoms with van der Waals surface area (Å²) in [4.78, 5) is 0. The second-order valence-corrected chi connectivity index (χ2v) is 36.2. The fraction of sp³-hybridized carbons (Fsp3) is 0.167. The smallest absolute Gasteiger partial charge is 0.344 e. The lowest BCUT2D eigenvalue weighted by atomic mass is 9.67. The number of ether oxygens (including phenoxy) is 1. The molecule has 11 aromatic rings. The number of fused-ring (bicyclic) bond motifs is 3. The third-order valence-corrected chi connectivity index (χ3v) is 27.9. The van der Waals surface area contributed by atoms with Crippen LogP contribution in [0.2, 0.25) is 26.2 Å². The molecule has 0 saturated heterocycles. The van der Waals surface area contributed by atoms with Crippen molar-refractivity contribution in [1.82, 2.24) is 0 Å². The molecule has 0 radical (unpaired) electrons. The average Bonchev–Trinajstić information content (AvgIpc) is 1.56. The Morgan fingerprint density at radius 3 is 1.04 bits per heavy atom. The van der Waals surface area contributed by atoms with Gasteiger partial charge in [-0.1, -0.05) is 293 Å². The predicted octanol–water partition coefficient (Wildman–Crippen LogP) is 20.7. The quantitative estimate of drug-likeness (QED) is 0.0499. The van der Waals surface area contributed by atoms with Crippen LogP contribution in [-0.4, -0.2) is 16.6 Å². The highest BCUT2D eigenvalue weighted by Crippen LogP contribution is 2.56. The molecule has 0 aliphatic heterocycles. The molecule has 0 unspecified atom stereocenters. The van der Waals surface area contributed by atoms with Gasteiger partial charge < -0.3 is 13.4 Å². The molecule has 12 rings (SSSR count). The summed E-state index contributed by atoms with van der Waals surface area (Å²) in [7, 11) is -6.94. The largest absolute Gasteiger partial charge is 0.449 e. The summed E-state index contributed by atoms with van der Waals surface area (Å²) < 4.78 is 62.9. The number of rotatable bonds is 13. The maximum atomic E-state index is 14.2. The number of allylic oxidation sites excluding steroid dienone is 1. The Balaban J connectivity index is 0.000000149.